The lowest BCUT2D eigenvalue weighted by Crippen LogP contribution is -2.06. The number of benzene rings is 1. The van der Waals surface area contributed by atoms with Crippen LogP contribution in [0, 0.1) is 24.0 Å². The van der Waals surface area contributed by atoms with Crippen LogP contribution in [0.3, 0.4) is 0 Å². The van der Waals surface area contributed by atoms with Gasteiger partial charge in [0.05, 0.1) is 22.7 Å². The zero-order valence-electron chi connectivity index (χ0n) is 10.1. The van der Waals surface area contributed by atoms with Gasteiger partial charge in [0.15, 0.2) is 0 Å². The highest BCUT2D eigenvalue weighted by atomic mass is 35.5. The number of nitro benzene ring substituents is 1. The van der Waals surface area contributed by atoms with Crippen LogP contribution in [0.15, 0.2) is 24.3 Å². The minimum atomic E-state index is -0.405. The maximum absolute atomic E-state index is 10.9. The lowest BCUT2D eigenvalue weighted by atomic mass is 10.2. The largest absolute Gasteiger partial charge is 0.274 e. The highest BCUT2D eigenvalue weighted by molar-refractivity contribution is 6.30. The van der Waals surface area contributed by atoms with Crippen LogP contribution in [0.2, 0.25) is 5.02 Å². The zero-order chi connectivity index (χ0) is 13.3. The van der Waals surface area contributed by atoms with Crippen molar-refractivity contribution in [1.82, 2.24) is 9.78 Å². The first-order valence-corrected chi connectivity index (χ1v) is 5.79. The predicted octanol–water partition coefficient (Wildman–Crippen LogP) is 3.11. The molecule has 94 valence electrons. The third-order valence-electron chi connectivity index (χ3n) is 2.66. The Morgan fingerprint density at radius 1 is 1.39 bits per heavy atom. The van der Waals surface area contributed by atoms with Gasteiger partial charge < -0.3 is 0 Å². The predicted molar refractivity (Wildman–Crippen MR) is 68.9 cm³/mol. The van der Waals surface area contributed by atoms with Gasteiger partial charge in [0.1, 0.15) is 0 Å². The van der Waals surface area contributed by atoms with Gasteiger partial charge in [-0.3, -0.25) is 14.8 Å². The minimum absolute atomic E-state index is 0.0620. The number of hydrogen-bond donors (Lipinski definition) is 0. The second kappa shape index (κ2) is 4.78. The number of halogens is 1. The number of aryl methyl sites for hydroxylation is 2. The van der Waals surface area contributed by atoms with Crippen molar-refractivity contribution in [3.8, 4) is 0 Å². The Kier molecular flexibility index (Phi) is 3.34. The summed E-state index contributed by atoms with van der Waals surface area (Å²) >= 11 is 5.88. The lowest BCUT2D eigenvalue weighted by Gasteiger charge is -2.06. The van der Waals surface area contributed by atoms with E-state index < -0.39 is 4.92 Å². The highest BCUT2D eigenvalue weighted by Gasteiger charge is 2.15. The van der Waals surface area contributed by atoms with Crippen molar-refractivity contribution in [2.45, 2.75) is 20.4 Å². The molecule has 0 amide bonds. The summed E-state index contributed by atoms with van der Waals surface area (Å²) in [5, 5.41) is 15.7. The fourth-order valence-electron chi connectivity index (χ4n) is 1.86. The molecule has 0 saturated carbocycles. The summed E-state index contributed by atoms with van der Waals surface area (Å²) in [6, 6.07) is 6.47. The average Bonchev–Trinajstić information content (AvgIpc) is 2.57. The quantitative estimate of drug-likeness (QED) is 0.633. The fraction of sp³-hybridized carbons (Fsp3) is 0.250. The van der Waals surface area contributed by atoms with Gasteiger partial charge in [-0.15, -0.1) is 0 Å². The summed E-state index contributed by atoms with van der Waals surface area (Å²) in [4.78, 5) is 10.5. The molecule has 0 spiro atoms. The Labute approximate surface area is 109 Å². The molecule has 0 N–H and O–H groups in total. The zero-order valence-corrected chi connectivity index (χ0v) is 10.8. The van der Waals surface area contributed by atoms with Crippen LogP contribution in [-0.2, 0) is 6.54 Å². The van der Waals surface area contributed by atoms with E-state index in [1.54, 1.807) is 10.7 Å². The Morgan fingerprint density at radius 2 is 2.11 bits per heavy atom. The monoisotopic (exact) mass is 265 g/mol. The first kappa shape index (κ1) is 12.6. The molecule has 18 heavy (non-hydrogen) atoms. The molecule has 0 aliphatic heterocycles. The summed E-state index contributed by atoms with van der Waals surface area (Å²) in [5.74, 6) is 0. The van der Waals surface area contributed by atoms with E-state index in [9.17, 15) is 10.1 Å². The molecule has 0 bridgehead atoms. The van der Waals surface area contributed by atoms with Crippen molar-refractivity contribution in [1.29, 1.82) is 0 Å². The molecule has 0 aliphatic carbocycles. The van der Waals surface area contributed by atoms with E-state index >= 15 is 0 Å². The van der Waals surface area contributed by atoms with Gasteiger partial charge in [-0.05, 0) is 32.0 Å². The van der Waals surface area contributed by atoms with Crippen LogP contribution in [0.4, 0.5) is 5.69 Å². The topological polar surface area (TPSA) is 61.0 Å². The molecule has 0 aliphatic rings. The number of aromatic nitrogens is 2. The molecule has 1 aromatic carbocycles. The molecule has 6 heteroatoms. The van der Waals surface area contributed by atoms with Gasteiger partial charge >= 0.3 is 0 Å². The summed E-state index contributed by atoms with van der Waals surface area (Å²) in [5.41, 5.74) is 2.46. The first-order valence-electron chi connectivity index (χ1n) is 5.41. The summed E-state index contributed by atoms with van der Waals surface area (Å²) in [6.07, 6.45) is 0. The standard InChI is InChI=1S/C12H12ClN3O2/c1-8-5-9(2)15(14-8)7-10-6-11(13)3-4-12(10)16(17)18/h3-6H,7H2,1-2H3. The second-order valence-electron chi connectivity index (χ2n) is 4.11. The van der Waals surface area contributed by atoms with Crippen molar-refractivity contribution >= 4 is 17.3 Å². The molecule has 1 heterocycles. The minimum Gasteiger partial charge on any atom is -0.265 e. The number of rotatable bonds is 3. The van der Waals surface area contributed by atoms with Gasteiger partial charge in [0.25, 0.3) is 5.69 Å². The third kappa shape index (κ3) is 2.51. The summed E-state index contributed by atoms with van der Waals surface area (Å²) < 4.78 is 1.73. The molecule has 0 fully saturated rings. The van der Waals surface area contributed by atoms with E-state index in [0.29, 0.717) is 17.1 Å². The van der Waals surface area contributed by atoms with Crippen LogP contribution >= 0.6 is 11.6 Å². The molecule has 5 nitrogen and oxygen atoms in total. The van der Waals surface area contributed by atoms with Gasteiger partial charge in [-0.1, -0.05) is 11.6 Å². The van der Waals surface area contributed by atoms with E-state index in [0.717, 1.165) is 11.4 Å². The molecule has 0 saturated heterocycles. The van der Waals surface area contributed by atoms with E-state index in [1.165, 1.54) is 12.1 Å². The lowest BCUT2D eigenvalue weighted by molar-refractivity contribution is -0.385. The summed E-state index contributed by atoms with van der Waals surface area (Å²) in [7, 11) is 0. The first-order chi connectivity index (χ1) is 8.47. The van der Waals surface area contributed by atoms with E-state index in [4.69, 9.17) is 11.6 Å². The number of nitro groups is 1. The normalized spacial score (nSPS) is 10.6. The average molecular weight is 266 g/mol. The Morgan fingerprint density at radius 3 is 2.67 bits per heavy atom. The maximum Gasteiger partial charge on any atom is 0.274 e. The van der Waals surface area contributed by atoms with Crippen molar-refractivity contribution in [2.24, 2.45) is 0 Å². The Bertz CT molecular complexity index is 607. The van der Waals surface area contributed by atoms with Crippen LogP contribution in [-0.4, -0.2) is 14.7 Å². The van der Waals surface area contributed by atoms with Gasteiger partial charge in [0, 0.05) is 16.8 Å². The summed E-state index contributed by atoms with van der Waals surface area (Å²) in [6.45, 7) is 4.14. The van der Waals surface area contributed by atoms with Crippen molar-refractivity contribution in [2.75, 3.05) is 0 Å². The van der Waals surface area contributed by atoms with Crippen molar-refractivity contribution in [3.05, 3.63) is 56.4 Å². The smallest absolute Gasteiger partial charge is 0.265 e. The van der Waals surface area contributed by atoms with E-state index in [1.807, 2.05) is 19.9 Å². The molecule has 2 aromatic rings. The molecular weight excluding hydrogens is 254 g/mol. The number of hydrogen-bond acceptors (Lipinski definition) is 3. The van der Waals surface area contributed by atoms with E-state index in [2.05, 4.69) is 5.10 Å². The fourth-order valence-corrected chi connectivity index (χ4v) is 2.05. The van der Waals surface area contributed by atoms with Gasteiger partial charge in [0.2, 0.25) is 0 Å². The highest BCUT2D eigenvalue weighted by Crippen LogP contribution is 2.23. The second-order valence-corrected chi connectivity index (χ2v) is 4.55. The molecule has 1 aromatic heterocycles. The Hall–Kier alpha value is -1.88. The SMILES string of the molecule is Cc1cc(C)n(Cc2cc(Cl)ccc2[N+](=O)[O-])n1. The van der Waals surface area contributed by atoms with E-state index in [-0.39, 0.29) is 5.69 Å². The van der Waals surface area contributed by atoms with Crippen LogP contribution < -0.4 is 0 Å². The molecule has 0 unspecified atom stereocenters. The molecular formula is C12H12ClN3O2. The molecule has 0 atom stereocenters. The van der Waals surface area contributed by atoms with Gasteiger partial charge in [-0.2, -0.15) is 5.10 Å². The third-order valence-corrected chi connectivity index (χ3v) is 2.90. The molecule has 0 radical (unpaired) electrons. The maximum atomic E-state index is 10.9. The van der Waals surface area contributed by atoms with Crippen LogP contribution in [0.5, 0.6) is 0 Å². The van der Waals surface area contributed by atoms with Crippen molar-refractivity contribution < 1.29 is 4.92 Å². The van der Waals surface area contributed by atoms with Crippen molar-refractivity contribution in [3.63, 3.8) is 0 Å². The number of nitrogens with zero attached hydrogens (tertiary/aromatic N) is 3. The molecule has 2 rings (SSSR count). The van der Waals surface area contributed by atoms with Crippen LogP contribution in [0.1, 0.15) is 17.0 Å². The van der Waals surface area contributed by atoms with Gasteiger partial charge in [-0.25, -0.2) is 0 Å². The van der Waals surface area contributed by atoms with Crippen LogP contribution in [0.25, 0.3) is 0 Å². The Balaban J connectivity index is 2.42.